The van der Waals surface area contributed by atoms with Crippen LogP contribution in [0.2, 0.25) is 5.02 Å². The number of rotatable bonds is 6. The highest BCUT2D eigenvalue weighted by atomic mass is 35.5. The average molecular weight is 421 g/mol. The number of hydrogen-bond donors (Lipinski definition) is 1. The van der Waals surface area contributed by atoms with Crippen LogP contribution in [-0.4, -0.2) is 25.6 Å². The maximum absolute atomic E-state index is 12.7. The van der Waals surface area contributed by atoms with E-state index in [-0.39, 0.29) is 12.5 Å². The van der Waals surface area contributed by atoms with Crippen molar-refractivity contribution in [1.82, 2.24) is 0 Å². The van der Waals surface area contributed by atoms with Gasteiger partial charge in [-0.05, 0) is 49.1 Å². The van der Waals surface area contributed by atoms with Crippen molar-refractivity contribution in [2.45, 2.75) is 19.3 Å². The Kier molecular flexibility index (Phi) is 6.55. The minimum atomic E-state index is -0.210. The predicted molar refractivity (Wildman–Crippen MR) is 124 cm³/mol. The Balaban J connectivity index is 1.46. The molecule has 154 valence electrons. The molecule has 0 unspecified atom stereocenters. The van der Waals surface area contributed by atoms with Crippen LogP contribution in [0.3, 0.4) is 0 Å². The number of nitrogens with one attached hydrogen (secondary N) is 1. The lowest BCUT2D eigenvalue weighted by Gasteiger charge is -2.30. The molecular weight excluding hydrogens is 396 g/mol. The highest BCUT2D eigenvalue weighted by molar-refractivity contribution is 6.31. The Bertz CT molecular complexity index is 1000. The van der Waals surface area contributed by atoms with Crippen LogP contribution >= 0.6 is 11.6 Å². The Morgan fingerprint density at radius 1 is 0.933 bits per heavy atom. The number of halogens is 1. The number of anilines is 2. The van der Waals surface area contributed by atoms with Crippen LogP contribution in [0.5, 0.6) is 5.75 Å². The number of benzene rings is 3. The number of para-hydroxylation sites is 1. The fourth-order valence-corrected chi connectivity index (χ4v) is 3.97. The van der Waals surface area contributed by atoms with E-state index in [0.29, 0.717) is 10.8 Å². The van der Waals surface area contributed by atoms with E-state index in [1.54, 1.807) is 6.07 Å². The molecule has 0 aliphatic carbocycles. The van der Waals surface area contributed by atoms with Gasteiger partial charge in [-0.2, -0.15) is 0 Å². The van der Waals surface area contributed by atoms with Gasteiger partial charge in [0.25, 0.3) is 5.91 Å². The fraction of sp³-hybridized carbons (Fsp3) is 0.240. The summed E-state index contributed by atoms with van der Waals surface area (Å²) in [5.41, 5.74) is 3.75. The van der Waals surface area contributed by atoms with Crippen molar-refractivity contribution in [2.24, 2.45) is 0 Å². The second-order valence-corrected chi connectivity index (χ2v) is 7.84. The summed E-state index contributed by atoms with van der Waals surface area (Å²) in [6.07, 6.45) is 3.57. The Labute approximate surface area is 182 Å². The lowest BCUT2D eigenvalue weighted by molar-refractivity contribution is -0.118. The summed E-state index contributed by atoms with van der Waals surface area (Å²) >= 11 is 6.20. The molecule has 1 aliphatic rings. The van der Waals surface area contributed by atoms with E-state index in [9.17, 15) is 4.79 Å². The molecular formula is C25H25ClN2O2. The standard InChI is InChI=1S/C25H25ClN2O2/c26-20-13-14-23(28-15-7-2-8-16-28)22(17-20)27-25(29)18-30-24-12-6-5-11-21(24)19-9-3-1-4-10-19/h1,3-6,9-14,17H,2,7-8,15-16,18H2,(H,27,29). The van der Waals surface area contributed by atoms with E-state index in [0.717, 1.165) is 48.4 Å². The van der Waals surface area contributed by atoms with Crippen LogP contribution < -0.4 is 15.0 Å². The zero-order chi connectivity index (χ0) is 20.8. The first-order chi connectivity index (χ1) is 14.7. The normalized spacial score (nSPS) is 13.7. The number of ether oxygens (including phenoxy) is 1. The summed E-state index contributed by atoms with van der Waals surface area (Å²) in [4.78, 5) is 15.0. The second-order valence-electron chi connectivity index (χ2n) is 7.41. The molecule has 0 saturated carbocycles. The van der Waals surface area contributed by atoms with Crippen LogP contribution in [0, 0.1) is 0 Å². The van der Waals surface area contributed by atoms with Crippen molar-refractivity contribution in [2.75, 3.05) is 29.9 Å². The number of nitrogens with zero attached hydrogens (tertiary/aromatic N) is 1. The molecule has 4 rings (SSSR count). The van der Waals surface area contributed by atoms with Gasteiger partial charge in [0.1, 0.15) is 5.75 Å². The minimum absolute atomic E-state index is 0.0736. The Morgan fingerprint density at radius 3 is 2.47 bits per heavy atom. The first-order valence-electron chi connectivity index (χ1n) is 10.3. The second kappa shape index (κ2) is 9.68. The molecule has 1 N–H and O–H groups in total. The maximum Gasteiger partial charge on any atom is 0.262 e. The van der Waals surface area contributed by atoms with Crippen LogP contribution in [0.4, 0.5) is 11.4 Å². The molecule has 1 saturated heterocycles. The molecule has 0 atom stereocenters. The Morgan fingerprint density at radius 2 is 1.67 bits per heavy atom. The minimum Gasteiger partial charge on any atom is -0.483 e. The molecule has 4 nitrogen and oxygen atoms in total. The molecule has 30 heavy (non-hydrogen) atoms. The van der Waals surface area contributed by atoms with Gasteiger partial charge in [-0.15, -0.1) is 0 Å². The van der Waals surface area contributed by atoms with E-state index in [1.165, 1.54) is 6.42 Å². The molecule has 1 amide bonds. The summed E-state index contributed by atoms with van der Waals surface area (Å²) in [5, 5.41) is 3.59. The van der Waals surface area contributed by atoms with Gasteiger partial charge in [-0.1, -0.05) is 60.1 Å². The van der Waals surface area contributed by atoms with Gasteiger partial charge in [0.2, 0.25) is 0 Å². The van der Waals surface area contributed by atoms with Crippen molar-refractivity contribution in [3.63, 3.8) is 0 Å². The third kappa shape index (κ3) is 4.95. The van der Waals surface area contributed by atoms with Gasteiger partial charge >= 0.3 is 0 Å². The summed E-state index contributed by atoms with van der Waals surface area (Å²) in [6, 6.07) is 23.4. The van der Waals surface area contributed by atoms with E-state index in [2.05, 4.69) is 10.2 Å². The maximum atomic E-state index is 12.7. The van der Waals surface area contributed by atoms with Crippen LogP contribution in [0.25, 0.3) is 11.1 Å². The number of carbonyl (C=O) groups excluding carboxylic acids is 1. The van der Waals surface area contributed by atoms with Crippen LogP contribution in [-0.2, 0) is 4.79 Å². The van der Waals surface area contributed by atoms with Crippen molar-refractivity contribution in [1.29, 1.82) is 0 Å². The molecule has 1 fully saturated rings. The first kappa shape index (κ1) is 20.3. The third-order valence-electron chi connectivity index (χ3n) is 5.26. The summed E-state index contributed by atoms with van der Waals surface area (Å²) < 4.78 is 5.88. The first-order valence-corrected chi connectivity index (χ1v) is 10.7. The molecule has 3 aromatic rings. The van der Waals surface area contributed by atoms with Crippen molar-refractivity contribution in [3.8, 4) is 16.9 Å². The van der Waals surface area contributed by atoms with Crippen molar-refractivity contribution < 1.29 is 9.53 Å². The van der Waals surface area contributed by atoms with Crippen molar-refractivity contribution >= 4 is 28.9 Å². The lowest BCUT2D eigenvalue weighted by Crippen LogP contribution is -2.31. The Hall–Kier alpha value is -2.98. The highest BCUT2D eigenvalue weighted by Gasteiger charge is 2.17. The van der Waals surface area contributed by atoms with Crippen LogP contribution in [0.1, 0.15) is 19.3 Å². The van der Waals surface area contributed by atoms with Gasteiger partial charge in [-0.3, -0.25) is 4.79 Å². The summed E-state index contributed by atoms with van der Waals surface area (Å²) in [5.74, 6) is 0.472. The molecule has 1 aliphatic heterocycles. The van der Waals surface area contributed by atoms with Gasteiger partial charge in [0, 0.05) is 23.7 Å². The van der Waals surface area contributed by atoms with Crippen molar-refractivity contribution in [3.05, 3.63) is 77.8 Å². The molecule has 0 bridgehead atoms. The van der Waals surface area contributed by atoms with E-state index < -0.39 is 0 Å². The number of piperidine rings is 1. The van der Waals surface area contributed by atoms with E-state index in [4.69, 9.17) is 16.3 Å². The van der Waals surface area contributed by atoms with E-state index >= 15 is 0 Å². The quantitative estimate of drug-likeness (QED) is 0.530. The molecule has 0 aromatic heterocycles. The highest BCUT2D eigenvalue weighted by Crippen LogP contribution is 2.32. The van der Waals surface area contributed by atoms with Crippen LogP contribution in [0.15, 0.2) is 72.8 Å². The van der Waals surface area contributed by atoms with Gasteiger partial charge in [0.05, 0.1) is 11.4 Å². The number of hydrogen-bond acceptors (Lipinski definition) is 3. The SMILES string of the molecule is O=C(COc1ccccc1-c1ccccc1)Nc1cc(Cl)ccc1N1CCCCC1. The number of amides is 1. The molecule has 5 heteroatoms. The largest absolute Gasteiger partial charge is 0.483 e. The smallest absolute Gasteiger partial charge is 0.262 e. The lowest BCUT2D eigenvalue weighted by atomic mass is 10.1. The molecule has 3 aromatic carbocycles. The monoisotopic (exact) mass is 420 g/mol. The summed E-state index contributed by atoms with van der Waals surface area (Å²) in [7, 11) is 0. The zero-order valence-corrected chi connectivity index (χ0v) is 17.6. The average Bonchev–Trinajstić information content (AvgIpc) is 2.79. The van der Waals surface area contributed by atoms with E-state index in [1.807, 2.05) is 66.7 Å². The molecule has 0 spiro atoms. The molecule has 0 radical (unpaired) electrons. The van der Waals surface area contributed by atoms with Gasteiger partial charge in [-0.25, -0.2) is 0 Å². The summed E-state index contributed by atoms with van der Waals surface area (Å²) in [6.45, 7) is 1.91. The topological polar surface area (TPSA) is 41.6 Å². The van der Waals surface area contributed by atoms with Gasteiger partial charge < -0.3 is 15.0 Å². The molecule has 1 heterocycles. The predicted octanol–water partition coefficient (Wildman–Crippen LogP) is 6.01. The third-order valence-corrected chi connectivity index (χ3v) is 5.50. The van der Waals surface area contributed by atoms with Gasteiger partial charge in [0.15, 0.2) is 6.61 Å². The fourth-order valence-electron chi connectivity index (χ4n) is 3.80. The zero-order valence-electron chi connectivity index (χ0n) is 16.8. The number of carbonyl (C=O) groups is 1.